The second kappa shape index (κ2) is 11.3. The molecule has 0 saturated carbocycles. The summed E-state index contributed by atoms with van der Waals surface area (Å²) in [5, 5.41) is 3.08. The fourth-order valence-corrected chi connectivity index (χ4v) is 4.30. The lowest BCUT2D eigenvalue weighted by molar-refractivity contribution is -0.129. The minimum Gasteiger partial charge on any atom is -0.497 e. The second-order valence-corrected chi connectivity index (χ2v) is 8.07. The molecule has 2 aliphatic heterocycles. The van der Waals surface area contributed by atoms with Crippen molar-refractivity contribution in [2.24, 2.45) is 5.92 Å². The van der Waals surface area contributed by atoms with Crippen molar-refractivity contribution in [3.05, 3.63) is 29.8 Å². The van der Waals surface area contributed by atoms with E-state index in [0.29, 0.717) is 13.1 Å². The molecular weight excluding hydrogens is 382 g/mol. The van der Waals surface area contributed by atoms with Crippen molar-refractivity contribution in [3.8, 4) is 5.75 Å². The summed E-state index contributed by atoms with van der Waals surface area (Å²) >= 11 is 0. The van der Waals surface area contributed by atoms with Crippen molar-refractivity contribution >= 4 is 11.8 Å². The number of unbranched alkanes of at least 4 members (excludes halogenated alkanes) is 1. The Kier molecular flexibility index (Phi) is 8.51. The van der Waals surface area contributed by atoms with E-state index in [1.54, 1.807) is 7.11 Å². The first-order valence-electron chi connectivity index (χ1n) is 11.1. The molecule has 1 aromatic carbocycles. The molecule has 2 amide bonds. The maximum atomic E-state index is 13.0. The number of hydrogen-bond acceptors (Lipinski definition) is 5. The highest BCUT2D eigenvalue weighted by molar-refractivity contribution is 5.90. The predicted molar refractivity (Wildman–Crippen MR) is 115 cm³/mol. The number of amides is 2. The van der Waals surface area contributed by atoms with E-state index in [1.165, 1.54) is 0 Å². The molecule has 3 rings (SSSR count). The molecule has 2 atom stereocenters. The van der Waals surface area contributed by atoms with E-state index in [4.69, 9.17) is 9.47 Å². The number of nitrogens with zero attached hydrogens (tertiary/aromatic N) is 2. The van der Waals surface area contributed by atoms with Gasteiger partial charge in [-0.15, -0.1) is 0 Å². The van der Waals surface area contributed by atoms with Gasteiger partial charge in [0.25, 0.3) is 0 Å². The fraction of sp³-hybridized carbons (Fsp3) is 0.652. The first-order valence-corrected chi connectivity index (χ1v) is 11.1. The lowest BCUT2D eigenvalue weighted by Gasteiger charge is -2.29. The molecule has 1 N–H and O–H groups in total. The molecule has 2 saturated heterocycles. The van der Waals surface area contributed by atoms with Gasteiger partial charge in [0.15, 0.2) is 0 Å². The minimum absolute atomic E-state index is 0.0230. The molecule has 0 unspecified atom stereocenters. The number of hydrogen-bond donors (Lipinski definition) is 1. The summed E-state index contributed by atoms with van der Waals surface area (Å²) in [7, 11) is 1.63. The highest BCUT2D eigenvalue weighted by Gasteiger charge is 2.44. The third-order valence-corrected chi connectivity index (χ3v) is 6.03. The van der Waals surface area contributed by atoms with Gasteiger partial charge in [-0.05, 0) is 37.1 Å². The molecule has 30 heavy (non-hydrogen) atoms. The van der Waals surface area contributed by atoms with Gasteiger partial charge in [0, 0.05) is 32.6 Å². The van der Waals surface area contributed by atoms with Crippen molar-refractivity contribution < 1.29 is 19.1 Å². The molecule has 0 aromatic heterocycles. The van der Waals surface area contributed by atoms with Crippen LogP contribution < -0.4 is 10.1 Å². The van der Waals surface area contributed by atoms with Gasteiger partial charge in [0.05, 0.1) is 32.3 Å². The third kappa shape index (κ3) is 5.73. The van der Waals surface area contributed by atoms with Crippen LogP contribution >= 0.6 is 0 Å². The van der Waals surface area contributed by atoms with Crippen molar-refractivity contribution in [3.63, 3.8) is 0 Å². The van der Waals surface area contributed by atoms with Crippen LogP contribution in [0.1, 0.15) is 44.2 Å². The number of methoxy groups -OCH3 is 1. The van der Waals surface area contributed by atoms with E-state index in [9.17, 15) is 9.59 Å². The molecule has 1 aromatic rings. The number of carbonyl (C=O) groups excluding carboxylic acids is 2. The minimum atomic E-state index is -0.355. The van der Waals surface area contributed by atoms with Gasteiger partial charge in [-0.1, -0.05) is 25.5 Å². The molecule has 7 nitrogen and oxygen atoms in total. The van der Waals surface area contributed by atoms with Crippen LogP contribution in [0.5, 0.6) is 5.75 Å². The van der Waals surface area contributed by atoms with Crippen molar-refractivity contribution in [2.45, 2.75) is 38.6 Å². The largest absolute Gasteiger partial charge is 0.497 e. The van der Waals surface area contributed by atoms with E-state index in [-0.39, 0.29) is 30.2 Å². The van der Waals surface area contributed by atoms with E-state index >= 15 is 0 Å². The average Bonchev–Trinajstić information content (AvgIpc) is 3.12. The Balaban J connectivity index is 1.62. The van der Waals surface area contributed by atoms with Crippen LogP contribution in [0.2, 0.25) is 0 Å². The van der Waals surface area contributed by atoms with Gasteiger partial charge in [0.1, 0.15) is 5.75 Å². The normalized spacial score (nSPS) is 22.3. The molecule has 2 fully saturated rings. The van der Waals surface area contributed by atoms with Crippen LogP contribution in [-0.4, -0.2) is 74.7 Å². The zero-order valence-corrected chi connectivity index (χ0v) is 18.3. The number of carbonyl (C=O) groups is 2. The van der Waals surface area contributed by atoms with E-state index in [1.807, 2.05) is 29.2 Å². The molecule has 7 heteroatoms. The zero-order chi connectivity index (χ0) is 21.3. The molecule has 166 valence electrons. The summed E-state index contributed by atoms with van der Waals surface area (Å²) in [6, 6.07) is 7.52. The van der Waals surface area contributed by atoms with Crippen LogP contribution in [0.3, 0.4) is 0 Å². The summed E-state index contributed by atoms with van der Waals surface area (Å²) in [4.78, 5) is 30.0. The number of rotatable bonds is 10. The first-order chi connectivity index (χ1) is 14.6. The summed E-state index contributed by atoms with van der Waals surface area (Å²) in [6.45, 7) is 7.87. The summed E-state index contributed by atoms with van der Waals surface area (Å²) in [6.07, 6.45) is 3.12. The van der Waals surface area contributed by atoms with Crippen LogP contribution in [0.15, 0.2) is 24.3 Å². The van der Waals surface area contributed by atoms with Crippen LogP contribution in [0.4, 0.5) is 0 Å². The molecule has 2 heterocycles. The van der Waals surface area contributed by atoms with Crippen LogP contribution in [-0.2, 0) is 14.3 Å². The van der Waals surface area contributed by atoms with E-state index in [0.717, 1.165) is 63.4 Å². The molecule has 0 bridgehead atoms. The monoisotopic (exact) mass is 417 g/mol. The highest BCUT2D eigenvalue weighted by atomic mass is 16.5. The number of likely N-dealkylation sites (tertiary alicyclic amines) is 1. The number of benzene rings is 1. The average molecular weight is 418 g/mol. The van der Waals surface area contributed by atoms with Crippen LogP contribution in [0.25, 0.3) is 0 Å². The second-order valence-electron chi connectivity index (χ2n) is 8.07. The molecular formula is C23H35N3O4. The predicted octanol–water partition coefficient (Wildman–Crippen LogP) is 2.22. The lowest BCUT2D eigenvalue weighted by atomic mass is 9.92. The van der Waals surface area contributed by atoms with Gasteiger partial charge in [-0.25, -0.2) is 0 Å². The summed E-state index contributed by atoms with van der Waals surface area (Å²) < 4.78 is 10.6. The highest BCUT2D eigenvalue weighted by Crippen LogP contribution is 2.39. The number of morpholine rings is 1. The fourth-order valence-electron chi connectivity index (χ4n) is 4.30. The van der Waals surface area contributed by atoms with Gasteiger partial charge < -0.3 is 19.7 Å². The maximum absolute atomic E-state index is 13.0. The Labute approximate surface area is 179 Å². The van der Waals surface area contributed by atoms with Crippen molar-refractivity contribution in [1.29, 1.82) is 0 Å². The van der Waals surface area contributed by atoms with E-state index in [2.05, 4.69) is 17.1 Å². The molecule has 0 radical (unpaired) electrons. The van der Waals surface area contributed by atoms with Crippen molar-refractivity contribution in [2.75, 3.05) is 53.0 Å². The van der Waals surface area contributed by atoms with Gasteiger partial charge in [0.2, 0.25) is 11.8 Å². The Morgan fingerprint density at radius 1 is 1.17 bits per heavy atom. The summed E-state index contributed by atoms with van der Waals surface area (Å²) in [5.74, 6) is 0.460. The molecule has 0 aliphatic carbocycles. The quantitative estimate of drug-likeness (QED) is 0.591. The van der Waals surface area contributed by atoms with Gasteiger partial charge in [-0.3, -0.25) is 14.5 Å². The molecule has 0 spiro atoms. The Bertz CT molecular complexity index is 688. The van der Waals surface area contributed by atoms with Gasteiger partial charge >= 0.3 is 0 Å². The van der Waals surface area contributed by atoms with Crippen molar-refractivity contribution in [1.82, 2.24) is 15.1 Å². The number of nitrogens with one attached hydrogen (secondary N) is 1. The Hall–Kier alpha value is -2.12. The topological polar surface area (TPSA) is 71.1 Å². The Morgan fingerprint density at radius 3 is 2.57 bits per heavy atom. The first kappa shape index (κ1) is 22.6. The smallest absolute Gasteiger partial charge is 0.226 e. The van der Waals surface area contributed by atoms with Gasteiger partial charge in [-0.2, -0.15) is 0 Å². The molecule has 2 aliphatic rings. The standard InChI is InChI=1S/C23H35N3O4/c1-3-4-12-26-21(27)17-20(22(26)18-6-8-19(29-2)9-7-18)23(28)24-10-5-11-25-13-15-30-16-14-25/h6-9,20,22H,3-5,10-17H2,1-2H3,(H,24,28)/t20-,22-/m1/s1. The van der Waals surface area contributed by atoms with E-state index < -0.39 is 0 Å². The summed E-state index contributed by atoms with van der Waals surface area (Å²) in [5.41, 5.74) is 0.992. The Morgan fingerprint density at radius 2 is 1.90 bits per heavy atom. The SMILES string of the molecule is CCCCN1C(=O)C[C@@H](C(=O)NCCCN2CCOCC2)[C@H]1c1ccc(OC)cc1. The zero-order valence-electron chi connectivity index (χ0n) is 18.3. The maximum Gasteiger partial charge on any atom is 0.226 e. The number of ether oxygens (including phenoxy) is 2. The lowest BCUT2D eigenvalue weighted by Crippen LogP contribution is -2.39. The van der Waals surface area contributed by atoms with Crippen LogP contribution in [0, 0.1) is 5.92 Å². The third-order valence-electron chi connectivity index (χ3n) is 6.03.